The Balaban J connectivity index is 1.62. The number of aromatic nitrogens is 2. The highest BCUT2D eigenvalue weighted by atomic mass is 35.5. The predicted molar refractivity (Wildman–Crippen MR) is 88.9 cm³/mol. The van der Waals surface area contributed by atoms with Gasteiger partial charge in [-0.05, 0) is 11.6 Å². The third-order valence-electron chi connectivity index (χ3n) is 4.13. The fourth-order valence-electron chi connectivity index (χ4n) is 2.97. The minimum absolute atomic E-state index is 0.463. The Morgan fingerprint density at radius 2 is 1.96 bits per heavy atom. The summed E-state index contributed by atoms with van der Waals surface area (Å²) in [6, 6.07) is 10.0. The van der Waals surface area contributed by atoms with Crippen molar-refractivity contribution < 1.29 is 4.74 Å². The molecule has 0 radical (unpaired) electrons. The Bertz CT molecular complexity index is 756. The van der Waals surface area contributed by atoms with Crippen molar-refractivity contribution in [3.8, 4) is 0 Å². The van der Waals surface area contributed by atoms with Crippen LogP contribution in [-0.4, -0.2) is 46.9 Å². The quantitative estimate of drug-likeness (QED) is 0.811. The molecule has 5 nitrogen and oxygen atoms in total. The van der Waals surface area contributed by atoms with E-state index < -0.39 is 0 Å². The Kier molecular flexibility index (Phi) is 4.08. The van der Waals surface area contributed by atoms with Crippen LogP contribution in [-0.2, 0) is 17.8 Å². The number of halogens is 1. The molecule has 0 amide bonds. The number of benzene rings is 1. The molecule has 0 N–H and O–H groups in total. The number of fused-ring (bicyclic) bond motifs is 1. The molecule has 118 valence electrons. The van der Waals surface area contributed by atoms with Gasteiger partial charge in [-0.1, -0.05) is 35.9 Å². The van der Waals surface area contributed by atoms with Crippen LogP contribution >= 0.6 is 11.6 Å². The average Bonchev–Trinajstić information content (AvgIpc) is 2.99. The molecule has 0 spiro atoms. The first-order valence-corrected chi connectivity index (χ1v) is 8.14. The van der Waals surface area contributed by atoms with Gasteiger partial charge in [0.05, 0.1) is 25.5 Å². The van der Waals surface area contributed by atoms with Gasteiger partial charge in [0.2, 0.25) is 0 Å². The van der Waals surface area contributed by atoms with Gasteiger partial charge in [0.15, 0.2) is 5.82 Å². The van der Waals surface area contributed by atoms with E-state index in [0.29, 0.717) is 17.5 Å². The molecule has 0 bridgehead atoms. The molecule has 0 aliphatic carbocycles. The minimum atomic E-state index is 0.463. The van der Waals surface area contributed by atoms with Gasteiger partial charge in [-0.25, -0.2) is 9.97 Å². The minimum Gasteiger partial charge on any atom is -0.379 e. The van der Waals surface area contributed by atoms with Crippen LogP contribution in [0.15, 0.2) is 35.3 Å². The number of hydrogen-bond acceptors (Lipinski definition) is 5. The van der Waals surface area contributed by atoms with E-state index in [9.17, 15) is 0 Å². The van der Waals surface area contributed by atoms with Crippen LogP contribution in [0.2, 0.25) is 5.15 Å². The van der Waals surface area contributed by atoms with Crippen LogP contribution < -0.4 is 0 Å². The average molecular weight is 329 g/mol. The zero-order valence-corrected chi connectivity index (χ0v) is 13.5. The molecule has 2 aliphatic rings. The fraction of sp³-hybridized carbons (Fsp3) is 0.353. The summed E-state index contributed by atoms with van der Waals surface area (Å²) in [6.45, 7) is 4.81. The predicted octanol–water partition coefficient (Wildman–Crippen LogP) is 2.31. The number of rotatable bonds is 3. The molecule has 2 aromatic rings. The maximum absolute atomic E-state index is 6.22. The summed E-state index contributed by atoms with van der Waals surface area (Å²) in [4.78, 5) is 16.0. The first-order chi connectivity index (χ1) is 11.3. The van der Waals surface area contributed by atoms with Crippen LogP contribution in [0, 0.1) is 0 Å². The number of nitrogens with zero attached hydrogens (tertiary/aromatic N) is 4. The SMILES string of the molecule is Clc1cc(CN2CCOCC2)nc(C2=NCc3ccccc32)n1. The molecule has 0 unspecified atom stereocenters. The van der Waals surface area contributed by atoms with E-state index in [1.807, 2.05) is 18.2 Å². The first kappa shape index (κ1) is 14.8. The summed E-state index contributed by atoms with van der Waals surface area (Å²) in [7, 11) is 0. The lowest BCUT2D eigenvalue weighted by atomic mass is 10.1. The van der Waals surface area contributed by atoms with E-state index in [4.69, 9.17) is 21.3 Å². The maximum Gasteiger partial charge on any atom is 0.180 e. The number of aliphatic imine (C=N–C) groups is 1. The molecule has 4 rings (SSSR count). The van der Waals surface area contributed by atoms with E-state index in [1.165, 1.54) is 5.56 Å². The van der Waals surface area contributed by atoms with E-state index in [1.54, 1.807) is 0 Å². The van der Waals surface area contributed by atoms with Crippen molar-refractivity contribution in [2.45, 2.75) is 13.1 Å². The number of hydrogen-bond donors (Lipinski definition) is 0. The highest BCUT2D eigenvalue weighted by Crippen LogP contribution is 2.22. The second-order valence-corrected chi connectivity index (χ2v) is 6.10. The van der Waals surface area contributed by atoms with Crippen LogP contribution in [0.25, 0.3) is 0 Å². The van der Waals surface area contributed by atoms with Gasteiger partial charge in [-0.3, -0.25) is 9.89 Å². The molecule has 0 saturated carbocycles. The van der Waals surface area contributed by atoms with Crippen molar-refractivity contribution in [2.24, 2.45) is 4.99 Å². The Hall–Kier alpha value is -1.82. The van der Waals surface area contributed by atoms with Crippen molar-refractivity contribution in [1.29, 1.82) is 0 Å². The largest absolute Gasteiger partial charge is 0.379 e. The van der Waals surface area contributed by atoms with Crippen molar-refractivity contribution >= 4 is 17.3 Å². The third-order valence-corrected chi connectivity index (χ3v) is 4.32. The van der Waals surface area contributed by atoms with E-state index in [-0.39, 0.29) is 0 Å². The van der Waals surface area contributed by atoms with Gasteiger partial charge in [-0.15, -0.1) is 0 Å². The summed E-state index contributed by atoms with van der Waals surface area (Å²) in [6.07, 6.45) is 0. The lowest BCUT2D eigenvalue weighted by molar-refractivity contribution is 0.0336. The molecular weight excluding hydrogens is 312 g/mol. The van der Waals surface area contributed by atoms with Crippen molar-refractivity contribution in [3.63, 3.8) is 0 Å². The second kappa shape index (κ2) is 6.35. The molecule has 1 aromatic heterocycles. The first-order valence-electron chi connectivity index (χ1n) is 7.76. The molecule has 0 atom stereocenters. The van der Waals surface area contributed by atoms with Gasteiger partial charge < -0.3 is 4.74 Å². The smallest absolute Gasteiger partial charge is 0.180 e. The molecule has 2 aliphatic heterocycles. The summed E-state index contributed by atoms with van der Waals surface area (Å²) in [5.74, 6) is 0.616. The summed E-state index contributed by atoms with van der Waals surface area (Å²) in [5.41, 5.74) is 4.08. The third kappa shape index (κ3) is 3.13. The number of ether oxygens (including phenoxy) is 1. The van der Waals surface area contributed by atoms with Gasteiger partial charge in [-0.2, -0.15) is 0 Å². The lowest BCUT2D eigenvalue weighted by Gasteiger charge is -2.26. The highest BCUT2D eigenvalue weighted by molar-refractivity contribution is 6.29. The standard InChI is InChI=1S/C17H17ClN4O/c18-15-9-13(11-22-5-7-23-8-6-22)20-17(21-15)16-14-4-2-1-3-12(14)10-19-16/h1-4,9H,5-8,10-11H2. The topological polar surface area (TPSA) is 50.6 Å². The van der Waals surface area contributed by atoms with E-state index in [2.05, 4.69) is 27.0 Å². The summed E-state index contributed by atoms with van der Waals surface area (Å²) in [5, 5.41) is 0.463. The van der Waals surface area contributed by atoms with E-state index >= 15 is 0 Å². The Labute approximate surface area is 140 Å². The van der Waals surface area contributed by atoms with Crippen molar-refractivity contribution in [3.05, 3.63) is 58.1 Å². The van der Waals surface area contributed by atoms with Gasteiger partial charge in [0.25, 0.3) is 0 Å². The molecule has 1 saturated heterocycles. The molecule has 6 heteroatoms. The monoisotopic (exact) mass is 328 g/mol. The zero-order chi connectivity index (χ0) is 15.6. The molecule has 1 fully saturated rings. The summed E-state index contributed by atoms with van der Waals surface area (Å²) < 4.78 is 5.39. The van der Waals surface area contributed by atoms with Gasteiger partial charge in [0.1, 0.15) is 10.9 Å². The van der Waals surface area contributed by atoms with Crippen LogP contribution in [0.4, 0.5) is 0 Å². The van der Waals surface area contributed by atoms with Crippen molar-refractivity contribution in [1.82, 2.24) is 14.9 Å². The maximum atomic E-state index is 6.22. The molecule has 1 aromatic carbocycles. The Morgan fingerprint density at radius 3 is 2.83 bits per heavy atom. The van der Waals surface area contributed by atoms with Crippen molar-refractivity contribution in [2.75, 3.05) is 26.3 Å². The second-order valence-electron chi connectivity index (χ2n) is 5.72. The van der Waals surface area contributed by atoms with Crippen LogP contribution in [0.3, 0.4) is 0 Å². The highest BCUT2D eigenvalue weighted by Gasteiger charge is 2.20. The van der Waals surface area contributed by atoms with E-state index in [0.717, 1.165) is 49.8 Å². The van der Waals surface area contributed by atoms with Crippen LogP contribution in [0.1, 0.15) is 22.6 Å². The molecule has 3 heterocycles. The van der Waals surface area contributed by atoms with Gasteiger partial charge >= 0.3 is 0 Å². The fourth-order valence-corrected chi connectivity index (χ4v) is 3.18. The zero-order valence-electron chi connectivity index (χ0n) is 12.7. The lowest BCUT2D eigenvalue weighted by Crippen LogP contribution is -2.36. The molecular formula is C17H17ClN4O. The molecule has 23 heavy (non-hydrogen) atoms. The Morgan fingerprint density at radius 1 is 1.13 bits per heavy atom. The van der Waals surface area contributed by atoms with Gasteiger partial charge in [0, 0.05) is 25.2 Å². The normalized spacial score (nSPS) is 17.9. The summed E-state index contributed by atoms with van der Waals surface area (Å²) >= 11 is 6.22. The number of morpholine rings is 1. The van der Waals surface area contributed by atoms with Crippen LogP contribution in [0.5, 0.6) is 0 Å².